The fraction of sp³-hybridized carbons (Fsp3) is 0.471. The number of rotatable bonds is 5. The maximum Gasteiger partial charge on any atom is 0.126 e. The fourth-order valence-electron chi connectivity index (χ4n) is 2.66. The number of piperidine rings is 1. The molecule has 0 unspecified atom stereocenters. The number of carbonyl (C=O) groups excluding carboxylic acids is 1. The van der Waals surface area contributed by atoms with Gasteiger partial charge in [0.2, 0.25) is 0 Å². The molecule has 1 fully saturated rings. The summed E-state index contributed by atoms with van der Waals surface area (Å²) in [6.45, 7) is 3.95. The molecule has 21 heavy (non-hydrogen) atoms. The number of carbonyl (C=O) groups is 1. The molecule has 0 saturated carbocycles. The van der Waals surface area contributed by atoms with Crippen molar-refractivity contribution in [1.29, 1.82) is 0 Å². The maximum atomic E-state index is 10.8. The van der Waals surface area contributed by atoms with Gasteiger partial charge < -0.3 is 19.2 Å². The van der Waals surface area contributed by atoms with Gasteiger partial charge in [0.15, 0.2) is 0 Å². The van der Waals surface area contributed by atoms with Crippen LogP contribution in [-0.2, 0) is 4.79 Å². The van der Waals surface area contributed by atoms with E-state index in [2.05, 4.69) is 17.9 Å². The molecular weight excluding hydrogens is 266 g/mol. The molecule has 1 aliphatic rings. The van der Waals surface area contributed by atoms with E-state index in [1.54, 1.807) is 14.2 Å². The lowest BCUT2D eigenvalue weighted by atomic mass is 9.98. The molecule has 1 saturated heterocycles. The third kappa shape index (κ3) is 3.78. The van der Waals surface area contributed by atoms with Gasteiger partial charge in [-0.2, -0.15) is 0 Å². The average molecular weight is 289 g/mol. The second-order valence-electron chi connectivity index (χ2n) is 5.35. The lowest BCUT2D eigenvalue weighted by molar-refractivity contribution is -0.112. The quantitative estimate of drug-likeness (QED) is 0.781. The van der Waals surface area contributed by atoms with Crippen molar-refractivity contribution < 1.29 is 14.3 Å². The van der Waals surface area contributed by atoms with Gasteiger partial charge in [0.05, 0.1) is 14.2 Å². The average Bonchev–Trinajstić information content (AvgIpc) is 2.54. The van der Waals surface area contributed by atoms with Crippen LogP contribution >= 0.6 is 0 Å². The molecule has 0 N–H and O–H groups in total. The van der Waals surface area contributed by atoms with Crippen molar-refractivity contribution in [2.24, 2.45) is 5.92 Å². The van der Waals surface area contributed by atoms with E-state index in [0.717, 1.165) is 49.3 Å². The monoisotopic (exact) mass is 289 g/mol. The van der Waals surface area contributed by atoms with Gasteiger partial charge in [-0.25, -0.2) is 0 Å². The van der Waals surface area contributed by atoms with Crippen LogP contribution in [0.25, 0.3) is 6.08 Å². The number of nitrogens with zero attached hydrogens (tertiary/aromatic N) is 1. The van der Waals surface area contributed by atoms with E-state index >= 15 is 0 Å². The van der Waals surface area contributed by atoms with Gasteiger partial charge in [0, 0.05) is 30.3 Å². The van der Waals surface area contributed by atoms with E-state index in [0.29, 0.717) is 0 Å². The summed E-state index contributed by atoms with van der Waals surface area (Å²) in [5, 5.41) is 0. The molecule has 1 heterocycles. The van der Waals surface area contributed by atoms with Crippen LogP contribution < -0.4 is 9.47 Å². The minimum absolute atomic E-state index is 0.223. The number of allylic oxidation sites excluding steroid dienone is 1. The minimum atomic E-state index is 0.223. The Morgan fingerprint density at radius 2 is 1.95 bits per heavy atom. The van der Waals surface area contributed by atoms with Gasteiger partial charge in [0.25, 0.3) is 0 Å². The standard InChI is InChI=1S/C17H23NO3/c1-13(18-8-6-14(12-19)7-9-18)10-15-11-16(20-2)4-5-17(15)21-3/h4-5,10-12,14H,6-9H2,1-3H3. The van der Waals surface area contributed by atoms with E-state index in [-0.39, 0.29) is 5.92 Å². The largest absolute Gasteiger partial charge is 0.497 e. The summed E-state index contributed by atoms with van der Waals surface area (Å²) in [5.41, 5.74) is 2.19. The predicted octanol–water partition coefficient (Wildman–Crippen LogP) is 2.98. The van der Waals surface area contributed by atoms with Crippen molar-refractivity contribution in [3.05, 3.63) is 29.5 Å². The SMILES string of the molecule is COc1ccc(OC)c(C=C(C)N2CCC(C=O)CC2)c1. The van der Waals surface area contributed by atoms with Gasteiger partial charge in [-0.3, -0.25) is 0 Å². The van der Waals surface area contributed by atoms with Crippen LogP contribution in [0.15, 0.2) is 23.9 Å². The zero-order valence-electron chi connectivity index (χ0n) is 13.0. The van der Waals surface area contributed by atoms with Crippen molar-refractivity contribution in [2.75, 3.05) is 27.3 Å². The lowest BCUT2D eigenvalue weighted by Gasteiger charge is -2.32. The van der Waals surface area contributed by atoms with Gasteiger partial charge >= 0.3 is 0 Å². The van der Waals surface area contributed by atoms with E-state index < -0.39 is 0 Å². The normalized spacial score (nSPS) is 16.7. The Morgan fingerprint density at radius 1 is 1.24 bits per heavy atom. The second kappa shape index (κ2) is 7.16. The number of aldehydes is 1. The van der Waals surface area contributed by atoms with Crippen molar-refractivity contribution in [3.8, 4) is 11.5 Å². The number of likely N-dealkylation sites (tertiary alicyclic amines) is 1. The van der Waals surface area contributed by atoms with E-state index in [9.17, 15) is 4.79 Å². The Labute approximate surface area is 126 Å². The van der Waals surface area contributed by atoms with Gasteiger partial charge in [-0.15, -0.1) is 0 Å². The Morgan fingerprint density at radius 3 is 2.52 bits per heavy atom. The van der Waals surface area contributed by atoms with Crippen molar-refractivity contribution >= 4 is 12.4 Å². The Bertz CT molecular complexity index is 517. The van der Waals surface area contributed by atoms with Gasteiger partial charge in [0.1, 0.15) is 17.8 Å². The van der Waals surface area contributed by atoms with E-state index in [1.165, 1.54) is 5.70 Å². The first kappa shape index (κ1) is 15.4. The predicted molar refractivity (Wildman–Crippen MR) is 83.6 cm³/mol. The number of hydrogen-bond acceptors (Lipinski definition) is 4. The number of hydrogen-bond donors (Lipinski definition) is 0. The minimum Gasteiger partial charge on any atom is -0.497 e. The van der Waals surface area contributed by atoms with Crippen LogP contribution in [0.2, 0.25) is 0 Å². The summed E-state index contributed by atoms with van der Waals surface area (Å²) < 4.78 is 10.7. The van der Waals surface area contributed by atoms with Crippen molar-refractivity contribution in [2.45, 2.75) is 19.8 Å². The molecule has 4 nitrogen and oxygen atoms in total. The molecular formula is C17H23NO3. The van der Waals surface area contributed by atoms with Crippen molar-refractivity contribution in [3.63, 3.8) is 0 Å². The highest BCUT2D eigenvalue weighted by Gasteiger charge is 2.18. The molecule has 4 heteroatoms. The van der Waals surface area contributed by atoms with Crippen LogP contribution in [0, 0.1) is 5.92 Å². The summed E-state index contributed by atoms with van der Waals surface area (Å²) in [5.74, 6) is 1.87. The zero-order valence-corrected chi connectivity index (χ0v) is 13.0. The summed E-state index contributed by atoms with van der Waals surface area (Å²) in [4.78, 5) is 13.1. The molecule has 114 valence electrons. The maximum absolute atomic E-state index is 10.8. The van der Waals surface area contributed by atoms with Crippen LogP contribution in [0.1, 0.15) is 25.3 Å². The number of methoxy groups -OCH3 is 2. The first-order valence-electron chi connectivity index (χ1n) is 7.28. The molecule has 2 rings (SSSR count). The van der Waals surface area contributed by atoms with Crippen LogP contribution in [0.4, 0.5) is 0 Å². The Hall–Kier alpha value is -1.97. The molecule has 0 aromatic heterocycles. The molecule has 1 aromatic rings. The first-order valence-corrected chi connectivity index (χ1v) is 7.28. The van der Waals surface area contributed by atoms with E-state index in [4.69, 9.17) is 9.47 Å². The molecule has 0 bridgehead atoms. The highest BCUT2D eigenvalue weighted by atomic mass is 16.5. The fourth-order valence-corrected chi connectivity index (χ4v) is 2.66. The molecule has 0 atom stereocenters. The first-order chi connectivity index (χ1) is 10.2. The molecule has 0 radical (unpaired) electrons. The molecule has 1 aromatic carbocycles. The summed E-state index contributed by atoms with van der Waals surface area (Å²) in [7, 11) is 3.33. The highest BCUT2D eigenvalue weighted by molar-refractivity contribution is 5.61. The smallest absolute Gasteiger partial charge is 0.126 e. The van der Waals surface area contributed by atoms with E-state index in [1.807, 2.05) is 18.2 Å². The van der Waals surface area contributed by atoms with Gasteiger partial charge in [-0.1, -0.05) is 0 Å². The highest BCUT2D eigenvalue weighted by Crippen LogP contribution is 2.27. The van der Waals surface area contributed by atoms with Gasteiger partial charge in [-0.05, 0) is 44.0 Å². The van der Waals surface area contributed by atoms with Crippen molar-refractivity contribution in [1.82, 2.24) is 4.90 Å². The molecule has 0 amide bonds. The summed E-state index contributed by atoms with van der Waals surface area (Å²) in [6, 6.07) is 5.78. The van der Waals surface area contributed by atoms with Crippen LogP contribution in [0.5, 0.6) is 11.5 Å². The molecule has 0 aliphatic carbocycles. The topological polar surface area (TPSA) is 38.8 Å². The van der Waals surface area contributed by atoms with Crippen LogP contribution in [0.3, 0.4) is 0 Å². The third-order valence-corrected chi connectivity index (χ3v) is 4.03. The second-order valence-corrected chi connectivity index (χ2v) is 5.35. The van der Waals surface area contributed by atoms with Crippen LogP contribution in [-0.4, -0.2) is 38.5 Å². The Balaban J connectivity index is 2.16. The zero-order chi connectivity index (χ0) is 15.2. The lowest BCUT2D eigenvalue weighted by Crippen LogP contribution is -2.32. The molecule has 1 aliphatic heterocycles. The summed E-state index contributed by atoms with van der Waals surface area (Å²) >= 11 is 0. The number of benzene rings is 1. The Kier molecular flexibility index (Phi) is 5.26. The number of ether oxygens (including phenoxy) is 2. The third-order valence-electron chi connectivity index (χ3n) is 4.03. The summed E-state index contributed by atoms with van der Waals surface area (Å²) in [6.07, 6.45) is 5.07. The molecule has 0 spiro atoms.